The zero-order chi connectivity index (χ0) is 14.0. The molecule has 1 aliphatic rings. The van der Waals surface area contributed by atoms with Crippen molar-refractivity contribution in [2.24, 2.45) is 5.41 Å². The summed E-state index contributed by atoms with van der Waals surface area (Å²) in [6, 6.07) is 1.16. The first-order valence-electron chi connectivity index (χ1n) is 6.41. The van der Waals surface area contributed by atoms with Gasteiger partial charge in [-0.2, -0.15) is 0 Å². The van der Waals surface area contributed by atoms with Gasteiger partial charge in [0.25, 0.3) is 5.91 Å². The Hall–Kier alpha value is -1.85. The molecule has 2 rings (SSSR count). The first-order chi connectivity index (χ1) is 8.93. The van der Waals surface area contributed by atoms with Crippen LogP contribution in [0.2, 0.25) is 0 Å². The molecule has 0 spiro atoms. The van der Waals surface area contributed by atoms with Gasteiger partial charge in [0, 0.05) is 12.1 Å². The van der Waals surface area contributed by atoms with E-state index in [0.717, 1.165) is 12.8 Å². The van der Waals surface area contributed by atoms with Gasteiger partial charge in [-0.25, -0.2) is 0 Å². The summed E-state index contributed by atoms with van der Waals surface area (Å²) < 4.78 is 4.89. The molecule has 1 saturated carbocycles. The van der Waals surface area contributed by atoms with E-state index in [4.69, 9.17) is 4.52 Å². The van der Waals surface area contributed by atoms with Gasteiger partial charge in [0.2, 0.25) is 5.76 Å². The lowest BCUT2D eigenvalue weighted by Crippen LogP contribution is -2.52. The molecule has 1 aliphatic carbocycles. The Morgan fingerprint density at radius 2 is 2.26 bits per heavy atom. The number of aryl methyl sites for hydroxylation is 1. The fourth-order valence-corrected chi connectivity index (χ4v) is 2.52. The van der Waals surface area contributed by atoms with E-state index in [0.29, 0.717) is 18.5 Å². The van der Waals surface area contributed by atoms with Crippen molar-refractivity contribution >= 4 is 11.9 Å². The van der Waals surface area contributed by atoms with Crippen molar-refractivity contribution in [3.05, 3.63) is 17.5 Å². The minimum absolute atomic E-state index is 0.121. The third kappa shape index (κ3) is 2.62. The average molecular weight is 266 g/mol. The Balaban J connectivity index is 2.12. The molecule has 1 heterocycles. The van der Waals surface area contributed by atoms with Crippen molar-refractivity contribution in [3.63, 3.8) is 0 Å². The molecule has 0 aliphatic heterocycles. The standard InChI is InChI=1S/C13H18N2O4/c1-8-7-9(19-15-8)11(16)14-10-5-3-4-6-13(10,2)12(17)18/h7,10H,3-6H2,1-2H3,(H,14,16)(H,17,18). The van der Waals surface area contributed by atoms with Crippen LogP contribution in [0.3, 0.4) is 0 Å². The molecule has 1 fully saturated rings. The molecule has 19 heavy (non-hydrogen) atoms. The number of hydrogen-bond acceptors (Lipinski definition) is 4. The van der Waals surface area contributed by atoms with Crippen molar-refractivity contribution in [1.82, 2.24) is 10.5 Å². The predicted molar refractivity (Wildman–Crippen MR) is 66.7 cm³/mol. The molecule has 1 aromatic heterocycles. The largest absolute Gasteiger partial charge is 0.481 e. The number of aromatic nitrogens is 1. The second-order valence-electron chi connectivity index (χ2n) is 5.33. The Morgan fingerprint density at radius 1 is 1.53 bits per heavy atom. The molecule has 2 atom stereocenters. The van der Waals surface area contributed by atoms with Gasteiger partial charge in [0.1, 0.15) is 0 Å². The van der Waals surface area contributed by atoms with Gasteiger partial charge < -0.3 is 14.9 Å². The van der Waals surface area contributed by atoms with Gasteiger partial charge in [-0.1, -0.05) is 18.0 Å². The molecule has 6 heteroatoms. The van der Waals surface area contributed by atoms with E-state index in [2.05, 4.69) is 10.5 Å². The molecule has 2 unspecified atom stereocenters. The monoisotopic (exact) mass is 266 g/mol. The molecule has 1 aromatic rings. The third-order valence-electron chi connectivity index (χ3n) is 3.85. The topological polar surface area (TPSA) is 92.4 Å². The molecule has 6 nitrogen and oxygen atoms in total. The normalized spacial score (nSPS) is 26.9. The molecular weight excluding hydrogens is 248 g/mol. The summed E-state index contributed by atoms with van der Waals surface area (Å²) in [5, 5.41) is 15.8. The van der Waals surface area contributed by atoms with Crippen molar-refractivity contribution in [2.45, 2.75) is 45.6 Å². The van der Waals surface area contributed by atoms with Gasteiger partial charge in [-0.3, -0.25) is 9.59 Å². The summed E-state index contributed by atoms with van der Waals surface area (Å²) in [6.45, 7) is 3.41. The highest BCUT2D eigenvalue weighted by atomic mass is 16.5. The molecule has 0 aromatic carbocycles. The minimum atomic E-state index is -0.914. The van der Waals surface area contributed by atoms with Crippen LogP contribution >= 0.6 is 0 Å². The fourth-order valence-electron chi connectivity index (χ4n) is 2.52. The zero-order valence-electron chi connectivity index (χ0n) is 11.1. The van der Waals surface area contributed by atoms with Gasteiger partial charge in [-0.15, -0.1) is 0 Å². The smallest absolute Gasteiger partial charge is 0.311 e. The van der Waals surface area contributed by atoms with E-state index in [1.807, 2.05) is 0 Å². The lowest BCUT2D eigenvalue weighted by molar-refractivity contribution is -0.151. The number of carboxylic acid groups (broad SMARTS) is 1. The van der Waals surface area contributed by atoms with E-state index in [9.17, 15) is 14.7 Å². The number of carbonyl (C=O) groups is 2. The molecule has 0 saturated heterocycles. The third-order valence-corrected chi connectivity index (χ3v) is 3.85. The molecule has 2 N–H and O–H groups in total. The number of rotatable bonds is 3. The Labute approximate surface area is 111 Å². The van der Waals surface area contributed by atoms with Gasteiger partial charge in [-0.05, 0) is 26.7 Å². The van der Waals surface area contributed by atoms with Gasteiger partial charge in [0.15, 0.2) is 0 Å². The lowest BCUT2D eigenvalue weighted by Gasteiger charge is -2.38. The predicted octanol–water partition coefficient (Wildman–Crippen LogP) is 1.75. The van der Waals surface area contributed by atoms with E-state index in [-0.39, 0.29) is 11.8 Å². The molecule has 0 bridgehead atoms. The van der Waals surface area contributed by atoms with Crippen LogP contribution in [0.15, 0.2) is 10.6 Å². The number of carbonyl (C=O) groups excluding carboxylic acids is 1. The first kappa shape index (κ1) is 13.6. The van der Waals surface area contributed by atoms with Crippen molar-refractivity contribution in [3.8, 4) is 0 Å². The number of nitrogens with one attached hydrogen (secondary N) is 1. The summed E-state index contributed by atoms with van der Waals surface area (Å²) in [4.78, 5) is 23.4. The Kier molecular flexibility index (Phi) is 3.59. The van der Waals surface area contributed by atoms with Crippen LogP contribution < -0.4 is 5.32 Å². The second-order valence-corrected chi connectivity index (χ2v) is 5.33. The number of amides is 1. The van der Waals surface area contributed by atoms with Crippen molar-refractivity contribution in [2.75, 3.05) is 0 Å². The molecule has 104 valence electrons. The number of aliphatic carboxylic acids is 1. The van der Waals surface area contributed by atoms with Crippen LogP contribution in [0.25, 0.3) is 0 Å². The highest BCUT2D eigenvalue weighted by molar-refractivity contribution is 5.92. The van der Waals surface area contributed by atoms with Crippen molar-refractivity contribution < 1.29 is 19.2 Å². The summed E-state index contributed by atoms with van der Waals surface area (Å²) in [7, 11) is 0. The van der Waals surface area contributed by atoms with E-state index < -0.39 is 17.3 Å². The highest BCUT2D eigenvalue weighted by Gasteiger charge is 2.44. The minimum Gasteiger partial charge on any atom is -0.481 e. The summed E-state index contributed by atoms with van der Waals surface area (Å²) in [5.74, 6) is -1.15. The van der Waals surface area contributed by atoms with Crippen LogP contribution in [0.5, 0.6) is 0 Å². The highest BCUT2D eigenvalue weighted by Crippen LogP contribution is 2.36. The lowest BCUT2D eigenvalue weighted by atomic mass is 9.71. The number of nitrogens with zero attached hydrogens (tertiary/aromatic N) is 1. The zero-order valence-corrected chi connectivity index (χ0v) is 11.1. The average Bonchev–Trinajstić information content (AvgIpc) is 2.79. The molecule has 0 radical (unpaired) electrons. The quantitative estimate of drug-likeness (QED) is 0.869. The van der Waals surface area contributed by atoms with Crippen LogP contribution in [0.4, 0.5) is 0 Å². The SMILES string of the molecule is Cc1cc(C(=O)NC2CCCCC2(C)C(=O)O)on1. The molecule has 1 amide bonds. The molecular formula is C13H18N2O4. The maximum atomic E-state index is 12.0. The van der Waals surface area contributed by atoms with Crippen LogP contribution in [-0.4, -0.2) is 28.2 Å². The van der Waals surface area contributed by atoms with E-state index >= 15 is 0 Å². The van der Waals surface area contributed by atoms with Crippen molar-refractivity contribution in [1.29, 1.82) is 0 Å². The number of carboxylic acids is 1. The van der Waals surface area contributed by atoms with Gasteiger partial charge >= 0.3 is 5.97 Å². The fraction of sp³-hybridized carbons (Fsp3) is 0.615. The summed E-state index contributed by atoms with van der Waals surface area (Å²) in [5.41, 5.74) is -0.294. The van der Waals surface area contributed by atoms with E-state index in [1.165, 1.54) is 6.07 Å². The second kappa shape index (κ2) is 5.03. The Morgan fingerprint density at radius 3 is 2.84 bits per heavy atom. The van der Waals surface area contributed by atoms with E-state index in [1.54, 1.807) is 13.8 Å². The first-order valence-corrected chi connectivity index (χ1v) is 6.41. The van der Waals surface area contributed by atoms with Crippen LogP contribution in [0, 0.1) is 12.3 Å². The van der Waals surface area contributed by atoms with Crippen LogP contribution in [-0.2, 0) is 4.79 Å². The van der Waals surface area contributed by atoms with Gasteiger partial charge in [0.05, 0.1) is 11.1 Å². The maximum absolute atomic E-state index is 12.0. The van der Waals surface area contributed by atoms with Crippen LogP contribution in [0.1, 0.15) is 48.9 Å². The Bertz CT molecular complexity index is 497. The maximum Gasteiger partial charge on any atom is 0.311 e. The summed E-state index contributed by atoms with van der Waals surface area (Å²) >= 11 is 0. The number of hydrogen-bond donors (Lipinski definition) is 2. The summed E-state index contributed by atoms with van der Waals surface area (Å²) in [6.07, 6.45) is 3.03.